The molecule has 0 amide bonds. The van der Waals surface area contributed by atoms with Gasteiger partial charge in [0.05, 0.1) is 6.54 Å². The number of furan rings is 1. The Labute approximate surface area is 140 Å². The van der Waals surface area contributed by atoms with Gasteiger partial charge >= 0.3 is 0 Å². The Morgan fingerprint density at radius 1 is 1.23 bits per heavy atom. The van der Waals surface area contributed by atoms with Gasteiger partial charge in [-0.3, -0.25) is 4.90 Å². The molecule has 3 rings (SSSR count). The topological polar surface area (TPSA) is 28.4 Å². The predicted octanol–water partition coefficient (Wildman–Crippen LogP) is 4.28. The van der Waals surface area contributed by atoms with E-state index in [9.17, 15) is 0 Å². The Balaban J connectivity index is 1.52. The maximum Gasteiger partial charge on any atom is 0.134 e. The van der Waals surface area contributed by atoms with Crippen LogP contribution in [0.5, 0.6) is 0 Å². The lowest BCUT2D eigenvalue weighted by atomic mass is 10.2. The van der Waals surface area contributed by atoms with Crippen molar-refractivity contribution in [1.82, 2.24) is 10.2 Å². The number of likely N-dealkylation sites (N-methyl/N-ethyl adjacent to an activating group) is 1. The van der Waals surface area contributed by atoms with Gasteiger partial charge in [0, 0.05) is 22.6 Å². The van der Waals surface area contributed by atoms with Crippen LogP contribution in [0, 0.1) is 0 Å². The van der Waals surface area contributed by atoms with E-state index >= 15 is 0 Å². The summed E-state index contributed by atoms with van der Waals surface area (Å²) in [5.41, 5.74) is 1.11. The van der Waals surface area contributed by atoms with Crippen LogP contribution in [0.3, 0.4) is 0 Å². The van der Waals surface area contributed by atoms with Crippen LogP contribution in [0.1, 0.15) is 25.5 Å². The average molecular weight is 363 g/mol. The second-order valence-corrected chi connectivity index (χ2v) is 6.74. The molecular formula is C18H23BrN2O. The summed E-state index contributed by atoms with van der Waals surface area (Å²) < 4.78 is 7.02. The van der Waals surface area contributed by atoms with Crippen molar-refractivity contribution < 1.29 is 4.42 Å². The van der Waals surface area contributed by atoms with Gasteiger partial charge < -0.3 is 9.73 Å². The van der Waals surface area contributed by atoms with Gasteiger partial charge in [0.2, 0.25) is 0 Å². The molecule has 1 unspecified atom stereocenters. The molecule has 0 radical (unpaired) electrons. The number of nitrogens with zero attached hydrogens (tertiary/aromatic N) is 1. The lowest BCUT2D eigenvalue weighted by Crippen LogP contribution is -2.37. The van der Waals surface area contributed by atoms with E-state index in [1.54, 1.807) is 0 Å². The second kappa shape index (κ2) is 7.44. The number of halogens is 1. The predicted molar refractivity (Wildman–Crippen MR) is 93.8 cm³/mol. The molecule has 1 aromatic carbocycles. The van der Waals surface area contributed by atoms with Gasteiger partial charge in [-0.25, -0.2) is 0 Å². The number of likely N-dealkylation sites (tertiary alicyclic amines) is 1. The van der Waals surface area contributed by atoms with Gasteiger partial charge in [-0.05, 0) is 50.2 Å². The third-order valence-electron chi connectivity index (χ3n) is 4.37. The molecule has 1 saturated heterocycles. The van der Waals surface area contributed by atoms with Crippen molar-refractivity contribution >= 4 is 15.9 Å². The Bertz CT molecular complexity index is 593. The maximum absolute atomic E-state index is 5.94. The first-order valence-corrected chi connectivity index (χ1v) is 8.85. The van der Waals surface area contributed by atoms with Crippen LogP contribution in [0.4, 0.5) is 0 Å². The molecule has 1 aliphatic heterocycles. The van der Waals surface area contributed by atoms with Crippen LogP contribution >= 0.6 is 15.9 Å². The Kier molecular flexibility index (Phi) is 5.34. The SMILES string of the molecule is CCN1CCCC1CNCc1ccc(-c2ccc(Br)cc2)o1. The summed E-state index contributed by atoms with van der Waals surface area (Å²) in [4.78, 5) is 2.56. The number of hydrogen-bond acceptors (Lipinski definition) is 3. The Morgan fingerprint density at radius 2 is 2.05 bits per heavy atom. The highest BCUT2D eigenvalue weighted by molar-refractivity contribution is 9.10. The summed E-state index contributed by atoms with van der Waals surface area (Å²) >= 11 is 3.46. The molecule has 118 valence electrons. The minimum absolute atomic E-state index is 0.686. The van der Waals surface area contributed by atoms with Crippen molar-refractivity contribution in [2.45, 2.75) is 32.4 Å². The van der Waals surface area contributed by atoms with Gasteiger partial charge in [0.15, 0.2) is 0 Å². The monoisotopic (exact) mass is 362 g/mol. The van der Waals surface area contributed by atoms with E-state index in [1.807, 2.05) is 18.2 Å². The number of hydrogen-bond donors (Lipinski definition) is 1. The van der Waals surface area contributed by atoms with Gasteiger partial charge in [-0.2, -0.15) is 0 Å². The summed E-state index contributed by atoms with van der Waals surface area (Å²) in [7, 11) is 0. The average Bonchev–Trinajstić information content (AvgIpc) is 3.17. The highest BCUT2D eigenvalue weighted by Crippen LogP contribution is 2.24. The summed E-state index contributed by atoms with van der Waals surface area (Å²) in [6.45, 7) is 6.49. The summed E-state index contributed by atoms with van der Waals surface area (Å²) in [6.07, 6.45) is 2.64. The molecule has 3 nitrogen and oxygen atoms in total. The highest BCUT2D eigenvalue weighted by atomic mass is 79.9. The minimum Gasteiger partial charge on any atom is -0.460 e. The fourth-order valence-corrected chi connectivity index (χ4v) is 3.41. The van der Waals surface area contributed by atoms with Crippen molar-refractivity contribution in [3.63, 3.8) is 0 Å². The zero-order valence-corrected chi connectivity index (χ0v) is 14.6. The largest absolute Gasteiger partial charge is 0.460 e. The third kappa shape index (κ3) is 3.80. The molecule has 22 heavy (non-hydrogen) atoms. The Hall–Kier alpha value is -1.10. The minimum atomic E-state index is 0.686. The van der Waals surface area contributed by atoms with E-state index in [1.165, 1.54) is 19.4 Å². The smallest absolute Gasteiger partial charge is 0.134 e. The quantitative estimate of drug-likeness (QED) is 0.830. The van der Waals surface area contributed by atoms with Gasteiger partial charge in [0.1, 0.15) is 11.5 Å². The molecule has 4 heteroatoms. The molecule has 2 aromatic rings. The molecule has 0 aliphatic carbocycles. The van der Waals surface area contributed by atoms with Crippen LogP contribution in [0.15, 0.2) is 45.3 Å². The van der Waals surface area contributed by atoms with Gasteiger partial charge in [-0.1, -0.05) is 35.0 Å². The summed E-state index contributed by atoms with van der Waals surface area (Å²) in [5, 5.41) is 3.54. The molecule has 0 bridgehead atoms. The summed E-state index contributed by atoms with van der Waals surface area (Å²) in [5.74, 6) is 1.93. The molecular weight excluding hydrogens is 340 g/mol. The lowest BCUT2D eigenvalue weighted by molar-refractivity contribution is 0.258. The standard InChI is InChI=1S/C18H23BrN2O/c1-2-21-11-3-4-16(21)12-20-13-17-9-10-18(22-17)14-5-7-15(19)8-6-14/h5-10,16,20H,2-4,11-13H2,1H3. The van der Waals surface area contributed by atoms with E-state index in [-0.39, 0.29) is 0 Å². The molecule has 0 saturated carbocycles. The van der Waals surface area contributed by atoms with Gasteiger partial charge in [0.25, 0.3) is 0 Å². The molecule has 1 fully saturated rings. The second-order valence-electron chi connectivity index (χ2n) is 5.83. The van der Waals surface area contributed by atoms with Crippen molar-refractivity contribution in [1.29, 1.82) is 0 Å². The van der Waals surface area contributed by atoms with Gasteiger partial charge in [-0.15, -0.1) is 0 Å². The highest BCUT2D eigenvalue weighted by Gasteiger charge is 2.22. The first-order chi connectivity index (χ1) is 10.8. The zero-order valence-electron chi connectivity index (χ0n) is 13.0. The fourth-order valence-electron chi connectivity index (χ4n) is 3.15. The van der Waals surface area contributed by atoms with Crippen LogP contribution in [0.25, 0.3) is 11.3 Å². The number of nitrogens with one attached hydrogen (secondary N) is 1. The maximum atomic E-state index is 5.94. The summed E-state index contributed by atoms with van der Waals surface area (Å²) in [6, 6.07) is 13.0. The molecule has 1 atom stereocenters. The van der Waals surface area contributed by atoms with E-state index < -0.39 is 0 Å². The first-order valence-electron chi connectivity index (χ1n) is 8.05. The first kappa shape index (κ1) is 15.8. The fraction of sp³-hybridized carbons (Fsp3) is 0.444. The Morgan fingerprint density at radius 3 is 2.82 bits per heavy atom. The van der Waals surface area contributed by atoms with Crippen LogP contribution in [-0.2, 0) is 6.54 Å². The third-order valence-corrected chi connectivity index (χ3v) is 4.90. The lowest BCUT2D eigenvalue weighted by Gasteiger charge is -2.22. The number of benzene rings is 1. The normalized spacial score (nSPS) is 18.9. The molecule has 2 heterocycles. The van der Waals surface area contributed by atoms with Crippen molar-refractivity contribution in [3.8, 4) is 11.3 Å². The van der Waals surface area contributed by atoms with E-state index in [2.05, 4.69) is 51.3 Å². The van der Waals surface area contributed by atoms with E-state index in [4.69, 9.17) is 4.42 Å². The number of rotatable bonds is 6. The van der Waals surface area contributed by atoms with Crippen LogP contribution in [0.2, 0.25) is 0 Å². The zero-order chi connectivity index (χ0) is 15.4. The van der Waals surface area contributed by atoms with Crippen LogP contribution < -0.4 is 5.32 Å². The molecule has 1 N–H and O–H groups in total. The van der Waals surface area contributed by atoms with Crippen molar-refractivity contribution in [2.75, 3.05) is 19.6 Å². The van der Waals surface area contributed by atoms with Crippen molar-refractivity contribution in [3.05, 3.63) is 46.6 Å². The molecule has 0 spiro atoms. The van der Waals surface area contributed by atoms with E-state index in [0.717, 1.165) is 41.2 Å². The molecule has 1 aliphatic rings. The molecule has 1 aromatic heterocycles. The van der Waals surface area contributed by atoms with E-state index in [0.29, 0.717) is 6.04 Å². The van der Waals surface area contributed by atoms with Crippen LogP contribution in [-0.4, -0.2) is 30.6 Å². The van der Waals surface area contributed by atoms with Crippen molar-refractivity contribution in [2.24, 2.45) is 0 Å².